The number of hydrogen-bond acceptors (Lipinski definition) is 3. The van der Waals surface area contributed by atoms with Crippen LogP contribution in [0.25, 0.3) is 0 Å². The molecule has 1 aromatic carbocycles. The Kier molecular flexibility index (Phi) is 5.76. The fraction of sp³-hybridized carbons (Fsp3) is 0.600. The minimum Gasteiger partial charge on any atom is -0.491 e. The SMILES string of the molecule is CCNC(C)c1ccc(OCC(C)(O)CC)cc1F. The van der Waals surface area contributed by atoms with Crippen LogP contribution in [0.5, 0.6) is 5.75 Å². The van der Waals surface area contributed by atoms with Gasteiger partial charge in [-0.2, -0.15) is 0 Å². The van der Waals surface area contributed by atoms with Gasteiger partial charge in [0.15, 0.2) is 0 Å². The van der Waals surface area contributed by atoms with Gasteiger partial charge < -0.3 is 15.2 Å². The van der Waals surface area contributed by atoms with Crippen molar-refractivity contribution in [1.29, 1.82) is 0 Å². The first-order valence-electron chi connectivity index (χ1n) is 6.77. The molecule has 0 bridgehead atoms. The van der Waals surface area contributed by atoms with Crippen molar-refractivity contribution in [2.24, 2.45) is 0 Å². The standard InChI is InChI=1S/C15H24FNO2/c1-5-15(4,18)10-19-12-7-8-13(14(16)9-12)11(3)17-6-2/h7-9,11,17-18H,5-6,10H2,1-4H3. The van der Waals surface area contributed by atoms with Crippen LogP contribution in [0.1, 0.15) is 45.7 Å². The van der Waals surface area contributed by atoms with Crippen molar-refractivity contribution in [1.82, 2.24) is 5.32 Å². The lowest BCUT2D eigenvalue weighted by Crippen LogP contribution is -2.31. The topological polar surface area (TPSA) is 41.5 Å². The molecule has 4 heteroatoms. The molecular weight excluding hydrogens is 245 g/mol. The molecule has 1 aromatic rings. The van der Waals surface area contributed by atoms with Crippen molar-refractivity contribution in [2.75, 3.05) is 13.2 Å². The van der Waals surface area contributed by atoms with Gasteiger partial charge >= 0.3 is 0 Å². The number of ether oxygens (including phenoxy) is 1. The summed E-state index contributed by atoms with van der Waals surface area (Å²) >= 11 is 0. The predicted octanol–water partition coefficient (Wildman–Crippen LogP) is 3.04. The second kappa shape index (κ2) is 6.87. The zero-order valence-electron chi connectivity index (χ0n) is 12.2. The fourth-order valence-corrected chi connectivity index (χ4v) is 1.71. The fourth-order valence-electron chi connectivity index (χ4n) is 1.71. The molecule has 0 saturated heterocycles. The van der Waals surface area contributed by atoms with Gasteiger partial charge in [0, 0.05) is 17.7 Å². The molecule has 0 aliphatic heterocycles. The third kappa shape index (κ3) is 4.80. The highest BCUT2D eigenvalue weighted by Crippen LogP contribution is 2.22. The summed E-state index contributed by atoms with van der Waals surface area (Å²) in [6, 6.07) is 4.80. The summed E-state index contributed by atoms with van der Waals surface area (Å²) in [5, 5.41) is 13.0. The van der Waals surface area contributed by atoms with Crippen LogP contribution in [0, 0.1) is 5.82 Å². The second-order valence-electron chi connectivity index (χ2n) is 5.10. The Hall–Kier alpha value is -1.13. The third-order valence-corrected chi connectivity index (χ3v) is 3.26. The molecule has 0 spiro atoms. The van der Waals surface area contributed by atoms with Crippen LogP contribution in [-0.4, -0.2) is 23.9 Å². The maximum atomic E-state index is 13.9. The molecule has 0 aromatic heterocycles. The quantitative estimate of drug-likeness (QED) is 0.799. The lowest BCUT2D eigenvalue weighted by Gasteiger charge is -2.22. The van der Waals surface area contributed by atoms with Gasteiger partial charge in [-0.25, -0.2) is 4.39 Å². The molecule has 0 aliphatic rings. The van der Waals surface area contributed by atoms with E-state index in [4.69, 9.17) is 4.74 Å². The van der Waals surface area contributed by atoms with E-state index in [1.807, 2.05) is 20.8 Å². The molecule has 1 rings (SSSR count). The van der Waals surface area contributed by atoms with E-state index in [1.165, 1.54) is 6.07 Å². The number of halogens is 1. The summed E-state index contributed by atoms with van der Waals surface area (Å²) in [6.45, 7) is 8.43. The number of rotatable bonds is 7. The molecule has 0 saturated carbocycles. The Bertz CT molecular complexity index is 407. The number of hydrogen-bond donors (Lipinski definition) is 2. The molecule has 2 N–H and O–H groups in total. The van der Waals surface area contributed by atoms with Crippen LogP contribution in [0.2, 0.25) is 0 Å². The molecular formula is C15H24FNO2. The Labute approximate surface area is 114 Å². The zero-order valence-corrected chi connectivity index (χ0v) is 12.2. The van der Waals surface area contributed by atoms with Crippen LogP contribution < -0.4 is 10.1 Å². The van der Waals surface area contributed by atoms with E-state index >= 15 is 0 Å². The Balaban J connectivity index is 2.71. The van der Waals surface area contributed by atoms with Crippen LogP contribution in [0.3, 0.4) is 0 Å². The van der Waals surface area contributed by atoms with Gasteiger partial charge in [0.2, 0.25) is 0 Å². The molecule has 0 aliphatic carbocycles. The minimum absolute atomic E-state index is 0.0298. The number of nitrogens with one attached hydrogen (secondary N) is 1. The largest absolute Gasteiger partial charge is 0.491 e. The van der Waals surface area contributed by atoms with Gasteiger partial charge in [0.05, 0.1) is 5.60 Å². The monoisotopic (exact) mass is 269 g/mol. The van der Waals surface area contributed by atoms with Gasteiger partial charge in [-0.3, -0.25) is 0 Å². The van der Waals surface area contributed by atoms with E-state index in [-0.39, 0.29) is 18.5 Å². The summed E-state index contributed by atoms with van der Waals surface area (Å²) in [6.07, 6.45) is 0.588. The maximum Gasteiger partial charge on any atom is 0.131 e. The average molecular weight is 269 g/mol. The highest BCUT2D eigenvalue weighted by Gasteiger charge is 2.19. The van der Waals surface area contributed by atoms with Gasteiger partial charge in [0.25, 0.3) is 0 Å². The van der Waals surface area contributed by atoms with Crippen molar-refractivity contribution in [3.05, 3.63) is 29.6 Å². The highest BCUT2D eigenvalue weighted by atomic mass is 19.1. The number of benzene rings is 1. The van der Waals surface area contributed by atoms with Crippen molar-refractivity contribution < 1.29 is 14.2 Å². The average Bonchev–Trinajstić information content (AvgIpc) is 2.37. The first-order chi connectivity index (χ1) is 8.89. The lowest BCUT2D eigenvalue weighted by molar-refractivity contribution is 0.00836. The zero-order chi connectivity index (χ0) is 14.5. The number of aliphatic hydroxyl groups is 1. The molecule has 19 heavy (non-hydrogen) atoms. The van der Waals surface area contributed by atoms with E-state index in [2.05, 4.69) is 5.32 Å². The van der Waals surface area contributed by atoms with Crippen LogP contribution >= 0.6 is 0 Å². The molecule has 0 heterocycles. The Morgan fingerprint density at radius 3 is 2.63 bits per heavy atom. The Morgan fingerprint density at radius 1 is 1.42 bits per heavy atom. The molecule has 108 valence electrons. The van der Waals surface area contributed by atoms with Gasteiger partial charge in [-0.05, 0) is 32.9 Å². The van der Waals surface area contributed by atoms with Crippen LogP contribution in [0.4, 0.5) is 4.39 Å². The Morgan fingerprint density at radius 2 is 2.11 bits per heavy atom. The van der Waals surface area contributed by atoms with Crippen molar-refractivity contribution >= 4 is 0 Å². The van der Waals surface area contributed by atoms with Crippen molar-refractivity contribution in [3.8, 4) is 5.75 Å². The van der Waals surface area contributed by atoms with Crippen LogP contribution in [-0.2, 0) is 0 Å². The van der Waals surface area contributed by atoms with Gasteiger partial charge in [0.1, 0.15) is 18.2 Å². The van der Waals surface area contributed by atoms with Crippen LogP contribution in [0.15, 0.2) is 18.2 Å². The third-order valence-electron chi connectivity index (χ3n) is 3.26. The molecule has 3 nitrogen and oxygen atoms in total. The molecule has 0 fully saturated rings. The normalized spacial score (nSPS) is 15.9. The molecule has 0 radical (unpaired) electrons. The van der Waals surface area contributed by atoms with Gasteiger partial charge in [-0.15, -0.1) is 0 Å². The second-order valence-corrected chi connectivity index (χ2v) is 5.10. The van der Waals surface area contributed by atoms with E-state index in [9.17, 15) is 9.50 Å². The first-order valence-corrected chi connectivity index (χ1v) is 6.77. The van der Waals surface area contributed by atoms with E-state index in [1.54, 1.807) is 19.1 Å². The minimum atomic E-state index is -0.883. The lowest BCUT2D eigenvalue weighted by atomic mass is 10.1. The summed E-state index contributed by atoms with van der Waals surface area (Å²) in [7, 11) is 0. The van der Waals surface area contributed by atoms with E-state index in [0.29, 0.717) is 17.7 Å². The molecule has 2 unspecified atom stereocenters. The van der Waals surface area contributed by atoms with Gasteiger partial charge in [-0.1, -0.05) is 19.9 Å². The molecule has 2 atom stereocenters. The van der Waals surface area contributed by atoms with E-state index in [0.717, 1.165) is 6.54 Å². The maximum absolute atomic E-state index is 13.9. The van der Waals surface area contributed by atoms with E-state index < -0.39 is 5.60 Å². The smallest absolute Gasteiger partial charge is 0.131 e. The van der Waals surface area contributed by atoms with Crippen molar-refractivity contribution in [3.63, 3.8) is 0 Å². The highest BCUT2D eigenvalue weighted by molar-refractivity contribution is 5.30. The molecule has 0 amide bonds. The summed E-state index contributed by atoms with van der Waals surface area (Å²) in [5.41, 5.74) is -0.261. The summed E-state index contributed by atoms with van der Waals surface area (Å²) in [5.74, 6) is 0.153. The van der Waals surface area contributed by atoms with Crippen molar-refractivity contribution in [2.45, 2.75) is 45.8 Å². The first kappa shape index (κ1) is 15.9. The summed E-state index contributed by atoms with van der Waals surface area (Å²) < 4.78 is 19.4. The summed E-state index contributed by atoms with van der Waals surface area (Å²) in [4.78, 5) is 0. The predicted molar refractivity (Wildman–Crippen MR) is 74.9 cm³/mol.